The van der Waals surface area contributed by atoms with Crippen molar-refractivity contribution in [3.8, 4) is 16.8 Å². The zero-order valence-corrected chi connectivity index (χ0v) is 20.1. The Hall–Kier alpha value is -4.56. The van der Waals surface area contributed by atoms with Gasteiger partial charge in [0.15, 0.2) is 0 Å². The van der Waals surface area contributed by atoms with E-state index in [1.54, 1.807) is 0 Å². The first kappa shape index (κ1) is 20.8. The molecule has 1 aliphatic carbocycles. The van der Waals surface area contributed by atoms with Crippen LogP contribution in [0.25, 0.3) is 60.4 Å². The largest absolute Gasteiger partial charge is 0.353 e. The quantitative estimate of drug-likeness (QED) is 0.248. The summed E-state index contributed by atoms with van der Waals surface area (Å²) in [5.41, 5.74) is 11.7. The van der Waals surface area contributed by atoms with E-state index in [0.717, 1.165) is 12.8 Å². The van der Waals surface area contributed by atoms with E-state index in [1.807, 2.05) is 0 Å². The van der Waals surface area contributed by atoms with Crippen molar-refractivity contribution >= 4 is 43.6 Å². The summed E-state index contributed by atoms with van der Waals surface area (Å²) in [4.78, 5) is 3.78. The molecule has 0 unspecified atom stereocenters. The molecule has 0 atom stereocenters. The van der Waals surface area contributed by atoms with E-state index in [-0.39, 0.29) is 0 Å². The van der Waals surface area contributed by atoms with Gasteiger partial charge in [0.2, 0.25) is 0 Å². The molecule has 0 amide bonds. The molecule has 0 saturated heterocycles. The van der Waals surface area contributed by atoms with Crippen LogP contribution in [0.15, 0.2) is 116 Å². The Morgan fingerprint density at radius 1 is 0.611 bits per heavy atom. The molecule has 172 valence electrons. The molecule has 36 heavy (non-hydrogen) atoms. The molecule has 1 N–H and O–H groups in total. The number of fused-ring (bicyclic) bond motifs is 4. The second-order valence-corrected chi connectivity index (χ2v) is 9.41. The number of hydrogen-bond donors (Lipinski definition) is 1. The summed E-state index contributed by atoms with van der Waals surface area (Å²) in [6, 6.07) is 37.6. The van der Waals surface area contributed by atoms with Crippen molar-refractivity contribution in [2.75, 3.05) is 0 Å². The second-order valence-electron chi connectivity index (χ2n) is 9.41. The van der Waals surface area contributed by atoms with E-state index in [2.05, 4.69) is 126 Å². The Morgan fingerprint density at radius 3 is 2.17 bits per heavy atom. The minimum absolute atomic E-state index is 1.09. The first-order valence-electron chi connectivity index (χ1n) is 12.5. The predicted octanol–water partition coefficient (Wildman–Crippen LogP) is 8.99. The molecule has 7 aromatic rings. The lowest BCUT2D eigenvalue weighted by Gasteiger charge is -2.13. The lowest BCUT2D eigenvalue weighted by Crippen LogP contribution is -1.98. The molecule has 2 nitrogen and oxygen atoms in total. The van der Waals surface area contributed by atoms with E-state index < -0.39 is 0 Å². The SMILES string of the molecule is C=C.c1ccc(-c2ccc(-n3c4cccc5c4c4c(cc6c7ccccc7[nH]c6c43)CC5)cc2)cc1. The standard InChI is InChI=1S/C32H22N2.C2H4/c1-2-7-20(8-3-1)21-15-17-24(18-16-21)34-28-12-6-9-22-13-14-23-19-26-25-10-4-5-11-27(25)33-31(26)32(34)30(23)29(22)28;1-2/h1-12,15-19,33H,13-14H2;1-2H2. The summed E-state index contributed by atoms with van der Waals surface area (Å²) in [6.07, 6.45) is 2.19. The molecule has 2 aromatic heterocycles. The molecule has 0 saturated carbocycles. The van der Waals surface area contributed by atoms with Gasteiger partial charge in [-0.3, -0.25) is 0 Å². The van der Waals surface area contributed by atoms with Gasteiger partial charge in [0.05, 0.1) is 16.6 Å². The monoisotopic (exact) mass is 462 g/mol. The summed E-state index contributed by atoms with van der Waals surface area (Å²) in [5, 5.41) is 5.47. The maximum atomic E-state index is 3.78. The maximum absolute atomic E-state index is 3.78. The summed E-state index contributed by atoms with van der Waals surface area (Å²) < 4.78 is 2.48. The van der Waals surface area contributed by atoms with Gasteiger partial charge in [-0.15, -0.1) is 13.2 Å². The van der Waals surface area contributed by atoms with E-state index in [0.29, 0.717) is 0 Å². The molecule has 2 heterocycles. The highest BCUT2D eigenvalue weighted by Gasteiger charge is 2.24. The lowest BCUT2D eigenvalue weighted by molar-refractivity contribution is 0.971. The van der Waals surface area contributed by atoms with Crippen LogP contribution >= 0.6 is 0 Å². The van der Waals surface area contributed by atoms with Gasteiger partial charge in [-0.05, 0) is 65.4 Å². The maximum Gasteiger partial charge on any atom is 0.0786 e. The first-order chi connectivity index (χ1) is 17.9. The highest BCUT2D eigenvalue weighted by atomic mass is 15.0. The van der Waals surface area contributed by atoms with Crippen LogP contribution in [0.5, 0.6) is 0 Å². The van der Waals surface area contributed by atoms with Gasteiger partial charge < -0.3 is 9.55 Å². The molecular formula is C34H26N2. The second kappa shape index (κ2) is 8.00. The zero-order valence-electron chi connectivity index (χ0n) is 20.1. The Morgan fingerprint density at radius 2 is 1.33 bits per heavy atom. The molecule has 8 rings (SSSR count). The summed E-state index contributed by atoms with van der Waals surface area (Å²) >= 11 is 0. The molecule has 5 aromatic carbocycles. The van der Waals surface area contributed by atoms with Gasteiger partial charge in [-0.1, -0.05) is 72.8 Å². The Kier molecular flexibility index (Phi) is 4.62. The van der Waals surface area contributed by atoms with Crippen molar-refractivity contribution in [2.45, 2.75) is 12.8 Å². The van der Waals surface area contributed by atoms with E-state index >= 15 is 0 Å². The number of aryl methyl sites for hydroxylation is 2. The molecule has 0 aliphatic heterocycles. The van der Waals surface area contributed by atoms with Crippen LogP contribution in [0.2, 0.25) is 0 Å². The van der Waals surface area contributed by atoms with Gasteiger partial charge in [-0.2, -0.15) is 0 Å². The third-order valence-corrected chi connectivity index (χ3v) is 7.60. The topological polar surface area (TPSA) is 20.7 Å². The van der Waals surface area contributed by atoms with Gasteiger partial charge in [0.25, 0.3) is 0 Å². The number of benzene rings is 5. The van der Waals surface area contributed by atoms with Crippen molar-refractivity contribution in [3.63, 3.8) is 0 Å². The Labute approximate surface area is 210 Å². The number of rotatable bonds is 2. The average molecular weight is 463 g/mol. The van der Waals surface area contributed by atoms with E-state index in [1.165, 1.54) is 71.6 Å². The predicted molar refractivity (Wildman–Crippen MR) is 154 cm³/mol. The summed E-state index contributed by atoms with van der Waals surface area (Å²) in [6.45, 7) is 6.00. The van der Waals surface area contributed by atoms with Crippen LogP contribution in [0, 0.1) is 0 Å². The summed E-state index contributed by atoms with van der Waals surface area (Å²) in [5.74, 6) is 0. The highest BCUT2D eigenvalue weighted by Crippen LogP contribution is 2.44. The molecular weight excluding hydrogens is 436 g/mol. The summed E-state index contributed by atoms with van der Waals surface area (Å²) in [7, 11) is 0. The van der Waals surface area contributed by atoms with E-state index in [9.17, 15) is 0 Å². The normalized spacial score (nSPS) is 12.4. The van der Waals surface area contributed by atoms with Crippen LogP contribution in [-0.2, 0) is 12.8 Å². The number of nitrogens with zero attached hydrogens (tertiary/aromatic N) is 1. The van der Waals surface area contributed by atoms with Crippen LogP contribution in [0.3, 0.4) is 0 Å². The Balaban J connectivity index is 0.00000108. The fourth-order valence-electron chi connectivity index (χ4n) is 6.08. The Bertz CT molecular complexity index is 1900. The van der Waals surface area contributed by atoms with Crippen LogP contribution in [-0.4, -0.2) is 9.55 Å². The van der Waals surface area contributed by atoms with Crippen molar-refractivity contribution in [1.82, 2.24) is 9.55 Å². The van der Waals surface area contributed by atoms with Crippen molar-refractivity contribution in [2.24, 2.45) is 0 Å². The van der Waals surface area contributed by atoms with Crippen LogP contribution < -0.4 is 0 Å². The van der Waals surface area contributed by atoms with Gasteiger partial charge in [0, 0.05) is 32.7 Å². The smallest absolute Gasteiger partial charge is 0.0786 e. The van der Waals surface area contributed by atoms with Crippen LogP contribution in [0.1, 0.15) is 11.1 Å². The third-order valence-electron chi connectivity index (χ3n) is 7.60. The minimum Gasteiger partial charge on any atom is -0.353 e. The molecule has 0 bridgehead atoms. The number of aromatic amines is 1. The van der Waals surface area contributed by atoms with Crippen molar-refractivity contribution < 1.29 is 0 Å². The number of H-pyrrole nitrogens is 1. The van der Waals surface area contributed by atoms with Crippen molar-refractivity contribution in [1.29, 1.82) is 0 Å². The minimum atomic E-state index is 1.09. The molecule has 0 spiro atoms. The number of aromatic nitrogens is 2. The third kappa shape index (κ3) is 2.85. The molecule has 2 heteroatoms. The van der Waals surface area contributed by atoms with E-state index in [4.69, 9.17) is 0 Å². The lowest BCUT2D eigenvalue weighted by atomic mass is 9.90. The number of hydrogen-bond acceptors (Lipinski definition) is 0. The van der Waals surface area contributed by atoms with Gasteiger partial charge in [0.1, 0.15) is 0 Å². The average Bonchev–Trinajstić information content (AvgIpc) is 3.50. The van der Waals surface area contributed by atoms with Crippen molar-refractivity contribution in [3.05, 3.63) is 127 Å². The zero-order chi connectivity index (χ0) is 24.2. The first-order valence-corrected chi connectivity index (χ1v) is 12.5. The highest BCUT2D eigenvalue weighted by molar-refractivity contribution is 6.25. The fraction of sp³-hybridized carbons (Fsp3) is 0.0588. The number of nitrogens with one attached hydrogen (secondary N) is 1. The molecule has 1 aliphatic rings. The van der Waals surface area contributed by atoms with Gasteiger partial charge in [-0.25, -0.2) is 0 Å². The fourth-order valence-corrected chi connectivity index (χ4v) is 6.08. The number of para-hydroxylation sites is 1. The van der Waals surface area contributed by atoms with Gasteiger partial charge >= 0.3 is 0 Å². The molecule has 0 radical (unpaired) electrons. The molecule has 0 fully saturated rings. The van der Waals surface area contributed by atoms with Crippen LogP contribution in [0.4, 0.5) is 0 Å².